The summed E-state index contributed by atoms with van der Waals surface area (Å²) in [6, 6.07) is 6.10. The van der Waals surface area contributed by atoms with E-state index in [-0.39, 0.29) is 17.2 Å². The molecule has 1 aliphatic rings. The van der Waals surface area contributed by atoms with Crippen molar-refractivity contribution in [2.75, 3.05) is 0 Å². The normalized spacial score (nSPS) is 17.3. The number of aromatic nitrogens is 5. The van der Waals surface area contributed by atoms with Gasteiger partial charge in [-0.1, -0.05) is 25.9 Å². The molecule has 0 bridgehead atoms. The van der Waals surface area contributed by atoms with E-state index in [0.29, 0.717) is 11.7 Å². The van der Waals surface area contributed by atoms with E-state index in [1.807, 2.05) is 0 Å². The lowest BCUT2D eigenvalue weighted by molar-refractivity contribution is 0.317. The fraction of sp³-hybridized carbons (Fsp3) is 0.474. The third-order valence-corrected chi connectivity index (χ3v) is 5.34. The summed E-state index contributed by atoms with van der Waals surface area (Å²) in [5.41, 5.74) is 0.755. The van der Waals surface area contributed by atoms with Crippen LogP contribution in [0.5, 0.6) is 0 Å². The molecule has 3 aromatic rings. The molecule has 1 unspecified atom stereocenters. The quantitative estimate of drug-likeness (QED) is 0.710. The average molecular weight is 355 g/mol. The van der Waals surface area contributed by atoms with Gasteiger partial charge in [-0.15, -0.1) is 10.2 Å². The van der Waals surface area contributed by atoms with Gasteiger partial charge in [-0.3, -0.25) is 0 Å². The van der Waals surface area contributed by atoms with Crippen molar-refractivity contribution in [2.24, 2.45) is 0 Å². The molecule has 1 aromatic carbocycles. The number of hydrogen-bond donors (Lipinski definition) is 0. The van der Waals surface area contributed by atoms with Crippen molar-refractivity contribution in [3.63, 3.8) is 0 Å². The second-order valence-corrected chi connectivity index (χ2v) is 7.48. The topological polar surface area (TPSA) is 69.6 Å². The van der Waals surface area contributed by atoms with E-state index < -0.39 is 0 Å². The molecule has 0 radical (unpaired) electrons. The summed E-state index contributed by atoms with van der Waals surface area (Å²) in [7, 11) is 0. The molecule has 0 fully saturated rings. The Kier molecular flexibility index (Phi) is 4.09. The second-order valence-electron chi connectivity index (χ2n) is 7.48. The molecule has 0 N–H and O–H groups in total. The lowest BCUT2D eigenvalue weighted by atomic mass is 9.88. The van der Waals surface area contributed by atoms with Gasteiger partial charge in [-0.25, -0.2) is 4.39 Å². The van der Waals surface area contributed by atoms with Gasteiger partial charge < -0.3 is 9.09 Å². The molecule has 2 aromatic heterocycles. The highest BCUT2D eigenvalue weighted by molar-refractivity contribution is 5.53. The molecule has 6 nitrogen and oxygen atoms in total. The van der Waals surface area contributed by atoms with Gasteiger partial charge in [-0.05, 0) is 37.1 Å². The predicted octanol–water partition coefficient (Wildman–Crippen LogP) is 3.88. The summed E-state index contributed by atoms with van der Waals surface area (Å²) in [6.07, 6.45) is 2.65. The third kappa shape index (κ3) is 2.91. The minimum atomic E-state index is -0.283. The van der Waals surface area contributed by atoms with E-state index in [1.165, 1.54) is 12.1 Å². The van der Waals surface area contributed by atoms with Crippen molar-refractivity contribution in [3.8, 4) is 11.4 Å². The fourth-order valence-electron chi connectivity index (χ4n) is 3.32. The van der Waals surface area contributed by atoms with Crippen LogP contribution >= 0.6 is 0 Å². The predicted molar refractivity (Wildman–Crippen MR) is 94.1 cm³/mol. The van der Waals surface area contributed by atoms with Crippen molar-refractivity contribution in [2.45, 2.75) is 57.9 Å². The van der Waals surface area contributed by atoms with Crippen LogP contribution in [0.4, 0.5) is 4.39 Å². The van der Waals surface area contributed by atoms with Crippen molar-refractivity contribution >= 4 is 0 Å². The monoisotopic (exact) mass is 355 g/mol. The van der Waals surface area contributed by atoms with Crippen LogP contribution in [0.2, 0.25) is 0 Å². The molecule has 3 heterocycles. The van der Waals surface area contributed by atoms with Crippen molar-refractivity contribution < 1.29 is 8.91 Å². The molecule has 1 aliphatic heterocycles. The summed E-state index contributed by atoms with van der Waals surface area (Å²) < 4.78 is 20.8. The van der Waals surface area contributed by atoms with E-state index in [0.717, 1.165) is 43.0 Å². The van der Waals surface area contributed by atoms with Gasteiger partial charge in [0, 0.05) is 29.9 Å². The van der Waals surface area contributed by atoms with Crippen LogP contribution in [-0.2, 0) is 18.4 Å². The van der Waals surface area contributed by atoms with Crippen LogP contribution < -0.4 is 0 Å². The van der Waals surface area contributed by atoms with Crippen LogP contribution in [0.3, 0.4) is 0 Å². The number of benzene rings is 1. The van der Waals surface area contributed by atoms with Gasteiger partial charge in [0.05, 0.1) is 0 Å². The number of hydrogen-bond acceptors (Lipinski definition) is 5. The number of fused-ring (bicyclic) bond motifs is 1. The summed E-state index contributed by atoms with van der Waals surface area (Å²) in [5.74, 6) is 2.96. The molecule has 26 heavy (non-hydrogen) atoms. The van der Waals surface area contributed by atoms with E-state index in [9.17, 15) is 4.39 Å². The van der Waals surface area contributed by atoms with Crippen LogP contribution in [0.25, 0.3) is 11.4 Å². The van der Waals surface area contributed by atoms with Crippen LogP contribution in [0.15, 0.2) is 28.8 Å². The second kappa shape index (κ2) is 6.30. The van der Waals surface area contributed by atoms with Gasteiger partial charge in [-0.2, -0.15) is 4.98 Å². The SMILES string of the molecule is CCC(C)(C)c1nnc2n1CCC(c1nc(-c3ccc(F)cc3)no1)C2. The molecular weight excluding hydrogens is 333 g/mol. The maximum Gasteiger partial charge on any atom is 0.230 e. The van der Waals surface area contributed by atoms with Crippen molar-refractivity contribution in [1.82, 2.24) is 24.9 Å². The highest BCUT2D eigenvalue weighted by Gasteiger charge is 2.32. The Hall–Kier alpha value is -2.57. The van der Waals surface area contributed by atoms with Gasteiger partial charge in [0.15, 0.2) is 0 Å². The first kappa shape index (κ1) is 16.9. The van der Waals surface area contributed by atoms with Gasteiger partial charge in [0.2, 0.25) is 11.7 Å². The molecule has 0 amide bonds. The largest absolute Gasteiger partial charge is 0.339 e. The lowest BCUT2D eigenvalue weighted by Gasteiger charge is -2.26. The first-order valence-corrected chi connectivity index (χ1v) is 9.00. The summed E-state index contributed by atoms with van der Waals surface area (Å²) in [6.45, 7) is 7.41. The Morgan fingerprint density at radius 1 is 1.23 bits per heavy atom. The Bertz CT molecular complexity index is 912. The zero-order valence-electron chi connectivity index (χ0n) is 15.2. The molecular formula is C19H22FN5O. The Labute approximate surface area is 151 Å². The number of halogens is 1. The number of rotatable bonds is 4. The summed E-state index contributed by atoms with van der Waals surface area (Å²) >= 11 is 0. The zero-order valence-corrected chi connectivity index (χ0v) is 15.2. The molecule has 0 saturated heterocycles. The molecule has 4 rings (SSSR count). The zero-order chi connectivity index (χ0) is 18.3. The average Bonchev–Trinajstić information content (AvgIpc) is 3.29. The molecule has 7 heteroatoms. The minimum absolute atomic E-state index is 0.0122. The van der Waals surface area contributed by atoms with Crippen LogP contribution in [0.1, 0.15) is 57.1 Å². The Balaban J connectivity index is 1.56. The van der Waals surface area contributed by atoms with E-state index in [4.69, 9.17) is 4.52 Å². The molecule has 0 spiro atoms. The van der Waals surface area contributed by atoms with E-state index in [1.54, 1.807) is 12.1 Å². The minimum Gasteiger partial charge on any atom is -0.339 e. The van der Waals surface area contributed by atoms with E-state index >= 15 is 0 Å². The standard InChI is InChI=1S/C19H22FN5O/c1-4-19(2,3)18-23-22-15-11-13(9-10-25(15)18)17-21-16(24-26-17)12-5-7-14(20)8-6-12/h5-8,13H,4,9-11H2,1-3H3. The van der Waals surface area contributed by atoms with Crippen molar-refractivity contribution in [3.05, 3.63) is 47.6 Å². The summed E-state index contributed by atoms with van der Waals surface area (Å²) in [4.78, 5) is 4.52. The first-order chi connectivity index (χ1) is 12.5. The maximum absolute atomic E-state index is 13.1. The highest BCUT2D eigenvalue weighted by atomic mass is 19.1. The fourth-order valence-corrected chi connectivity index (χ4v) is 3.32. The van der Waals surface area contributed by atoms with Gasteiger partial charge >= 0.3 is 0 Å². The Morgan fingerprint density at radius 2 is 2.00 bits per heavy atom. The number of nitrogens with zero attached hydrogens (tertiary/aromatic N) is 5. The summed E-state index contributed by atoms with van der Waals surface area (Å²) in [5, 5.41) is 12.9. The third-order valence-electron chi connectivity index (χ3n) is 5.34. The van der Waals surface area contributed by atoms with Crippen molar-refractivity contribution in [1.29, 1.82) is 0 Å². The Morgan fingerprint density at radius 3 is 2.73 bits per heavy atom. The van der Waals surface area contributed by atoms with Crippen LogP contribution in [-0.4, -0.2) is 24.9 Å². The molecule has 136 valence electrons. The van der Waals surface area contributed by atoms with Crippen LogP contribution in [0, 0.1) is 5.82 Å². The lowest BCUT2D eigenvalue weighted by Crippen LogP contribution is -2.26. The maximum atomic E-state index is 13.1. The molecule has 1 atom stereocenters. The van der Waals surface area contributed by atoms with E-state index in [2.05, 4.69) is 45.7 Å². The molecule has 0 aliphatic carbocycles. The van der Waals surface area contributed by atoms with Gasteiger partial charge in [0.25, 0.3) is 0 Å². The smallest absolute Gasteiger partial charge is 0.230 e. The highest BCUT2D eigenvalue weighted by Crippen LogP contribution is 2.33. The van der Waals surface area contributed by atoms with Gasteiger partial charge in [0.1, 0.15) is 17.5 Å². The first-order valence-electron chi connectivity index (χ1n) is 9.00. The molecule has 0 saturated carbocycles.